The minimum absolute atomic E-state index is 0.520. The number of benzene rings is 1. The van der Waals surface area contributed by atoms with Crippen LogP contribution in [0.15, 0.2) is 18.2 Å². The number of aryl methyl sites for hydroxylation is 1. The molecule has 90 valence electrons. The highest BCUT2D eigenvalue weighted by Gasteiger charge is 1.97. The van der Waals surface area contributed by atoms with E-state index in [1.165, 1.54) is 0 Å². The standard InChI is InChI=1S/C12H19NO3/c1-10-7-11(13)9-12(8-10)16-6-5-15-4-3-14-2/h7-9H,3-6,13H2,1-2H3. The van der Waals surface area contributed by atoms with Gasteiger partial charge < -0.3 is 19.9 Å². The Kier molecular flexibility index (Phi) is 5.67. The molecule has 0 aromatic heterocycles. The molecule has 0 spiro atoms. The maximum atomic E-state index is 5.70. The summed E-state index contributed by atoms with van der Waals surface area (Å²) in [6, 6.07) is 5.66. The van der Waals surface area contributed by atoms with Crippen LogP contribution in [0.2, 0.25) is 0 Å². The molecule has 0 atom stereocenters. The molecule has 1 aromatic rings. The van der Waals surface area contributed by atoms with Crippen molar-refractivity contribution in [3.05, 3.63) is 23.8 Å². The quantitative estimate of drug-likeness (QED) is 0.566. The van der Waals surface area contributed by atoms with Gasteiger partial charge in [0.25, 0.3) is 0 Å². The molecule has 16 heavy (non-hydrogen) atoms. The second-order valence-corrected chi connectivity index (χ2v) is 3.53. The van der Waals surface area contributed by atoms with Gasteiger partial charge in [0.15, 0.2) is 0 Å². The lowest BCUT2D eigenvalue weighted by Gasteiger charge is -2.08. The van der Waals surface area contributed by atoms with Crippen molar-refractivity contribution in [3.8, 4) is 5.75 Å². The first-order valence-corrected chi connectivity index (χ1v) is 5.29. The SMILES string of the molecule is COCCOCCOc1cc(C)cc(N)c1. The van der Waals surface area contributed by atoms with Gasteiger partial charge >= 0.3 is 0 Å². The summed E-state index contributed by atoms with van der Waals surface area (Å²) in [5, 5.41) is 0. The second-order valence-electron chi connectivity index (χ2n) is 3.53. The molecule has 0 aliphatic rings. The molecule has 0 unspecified atom stereocenters. The van der Waals surface area contributed by atoms with E-state index in [2.05, 4.69) is 0 Å². The Morgan fingerprint density at radius 3 is 2.50 bits per heavy atom. The topological polar surface area (TPSA) is 53.7 Å². The van der Waals surface area contributed by atoms with E-state index in [4.69, 9.17) is 19.9 Å². The summed E-state index contributed by atoms with van der Waals surface area (Å²) in [4.78, 5) is 0. The van der Waals surface area contributed by atoms with Gasteiger partial charge in [0.2, 0.25) is 0 Å². The molecule has 0 fully saturated rings. The van der Waals surface area contributed by atoms with E-state index in [9.17, 15) is 0 Å². The predicted octanol–water partition coefficient (Wildman–Crippen LogP) is 1.62. The van der Waals surface area contributed by atoms with Gasteiger partial charge in [-0.1, -0.05) is 0 Å². The predicted molar refractivity (Wildman–Crippen MR) is 63.8 cm³/mol. The molecule has 0 aliphatic heterocycles. The summed E-state index contributed by atoms with van der Waals surface area (Å²) >= 11 is 0. The van der Waals surface area contributed by atoms with Crippen LogP contribution in [-0.2, 0) is 9.47 Å². The Morgan fingerprint density at radius 1 is 1.06 bits per heavy atom. The van der Waals surface area contributed by atoms with Crippen molar-refractivity contribution >= 4 is 5.69 Å². The van der Waals surface area contributed by atoms with Crippen LogP contribution < -0.4 is 10.5 Å². The molecular weight excluding hydrogens is 206 g/mol. The lowest BCUT2D eigenvalue weighted by molar-refractivity contribution is 0.0544. The molecule has 1 rings (SSSR count). The Bertz CT molecular complexity index is 295. The lowest BCUT2D eigenvalue weighted by atomic mass is 10.2. The molecule has 0 saturated carbocycles. The van der Waals surface area contributed by atoms with Gasteiger partial charge in [-0.15, -0.1) is 0 Å². The number of anilines is 1. The third-order valence-electron chi connectivity index (χ3n) is 2.00. The number of hydrogen-bond acceptors (Lipinski definition) is 4. The first-order valence-electron chi connectivity index (χ1n) is 5.29. The molecule has 2 N–H and O–H groups in total. The maximum absolute atomic E-state index is 5.70. The molecule has 0 aliphatic carbocycles. The van der Waals surface area contributed by atoms with E-state index in [1.54, 1.807) is 7.11 Å². The minimum atomic E-state index is 0.520. The molecule has 0 saturated heterocycles. The largest absolute Gasteiger partial charge is 0.491 e. The molecule has 4 nitrogen and oxygen atoms in total. The summed E-state index contributed by atoms with van der Waals surface area (Å²) < 4.78 is 15.6. The van der Waals surface area contributed by atoms with Crippen LogP contribution in [0.4, 0.5) is 5.69 Å². The van der Waals surface area contributed by atoms with Crippen molar-refractivity contribution in [2.45, 2.75) is 6.92 Å². The van der Waals surface area contributed by atoms with Crippen LogP contribution in [-0.4, -0.2) is 33.5 Å². The monoisotopic (exact) mass is 225 g/mol. The summed E-state index contributed by atoms with van der Waals surface area (Å²) in [5.74, 6) is 0.785. The fraction of sp³-hybridized carbons (Fsp3) is 0.500. The van der Waals surface area contributed by atoms with E-state index in [1.807, 2.05) is 25.1 Å². The van der Waals surface area contributed by atoms with Crippen LogP contribution >= 0.6 is 0 Å². The minimum Gasteiger partial charge on any atom is -0.491 e. The number of nitrogen functional groups attached to an aromatic ring is 1. The van der Waals surface area contributed by atoms with Crippen molar-refractivity contribution in [3.63, 3.8) is 0 Å². The Hall–Kier alpha value is -1.26. The first-order chi connectivity index (χ1) is 7.72. The number of hydrogen-bond donors (Lipinski definition) is 1. The van der Waals surface area contributed by atoms with Crippen molar-refractivity contribution in [1.29, 1.82) is 0 Å². The van der Waals surface area contributed by atoms with E-state index in [0.717, 1.165) is 17.0 Å². The third kappa shape index (κ3) is 5.00. The second kappa shape index (κ2) is 7.09. The molecule has 0 amide bonds. The average Bonchev–Trinajstić information content (AvgIpc) is 2.22. The molecule has 0 radical (unpaired) electrons. The van der Waals surface area contributed by atoms with Gasteiger partial charge in [-0.3, -0.25) is 0 Å². The van der Waals surface area contributed by atoms with E-state index >= 15 is 0 Å². The van der Waals surface area contributed by atoms with Crippen molar-refractivity contribution in [1.82, 2.24) is 0 Å². The summed E-state index contributed by atoms with van der Waals surface area (Å²) in [6.45, 7) is 4.26. The number of ether oxygens (including phenoxy) is 3. The number of nitrogens with two attached hydrogens (primary N) is 1. The Labute approximate surface area is 96.3 Å². The number of rotatable bonds is 7. The smallest absolute Gasteiger partial charge is 0.121 e. The summed E-state index contributed by atoms with van der Waals surface area (Å²) in [6.07, 6.45) is 0. The maximum Gasteiger partial charge on any atom is 0.121 e. The normalized spacial score (nSPS) is 10.4. The fourth-order valence-corrected chi connectivity index (χ4v) is 1.32. The van der Waals surface area contributed by atoms with Crippen LogP contribution in [0.5, 0.6) is 5.75 Å². The molecule has 0 bridgehead atoms. The van der Waals surface area contributed by atoms with Gasteiger partial charge in [-0.25, -0.2) is 0 Å². The first kappa shape index (κ1) is 12.8. The molecular formula is C12H19NO3. The summed E-state index contributed by atoms with van der Waals surface area (Å²) in [5.41, 5.74) is 7.51. The van der Waals surface area contributed by atoms with E-state index in [0.29, 0.717) is 26.4 Å². The Morgan fingerprint density at radius 2 is 1.81 bits per heavy atom. The highest BCUT2D eigenvalue weighted by Crippen LogP contribution is 2.17. The van der Waals surface area contributed by atoms with Crippen molar-refractivity contribution < 1.29 is 14.2 Å². The molecule has 0 heterocycles. The highest BCUT2D eigenvalue weighted by molar-refractivity contribution is 5.47. The van der Waals surface area contributed by atoms with Crippen molar-refractivity contribution in [2.75, 3.05) is 39.3 Å². The molecule has 4 heteroatoms. The third-order valence-corrected chi connectivity index (χ3v) is 2.00. The van der Waals surface area contributed by atoms with Gasteiger partial charge in [-0.2, -0.15) is 0 Å². The van der Waals surface area contributed by atoms with Crippen molar-refractivity contribution in [2.24, 2.45) is 0 Å². The lowest BCUT2D eigenvalue weighted by Crippen LogP contribution is -2.10. The number of methoxy groups -OCH3 is 1. The zero-order chi connectivity index (χ0) is 11.8. The van der Waals surface area contributed by atoms with Crippen LogP contribution in [0.3, 0.4) is 0 Å². The summed E-state index contributed by atoms with van der Waals surface area (Å²) in [7, 11) is 1.65. The van der Waals surface area contributed by atoms with Crippen LogP contribution in [0.25, 0.3) is 0 Å². The van der Waals surface area contributed by atoms with Crippen LogP contribution in [0.1, 0.15) is 5.56 Å². The highest BCUT2D eigenvalue weighted by atomic mass is 16.5. The fourth-order valence-electron chi connectivity index (χ4n) is 1.32. The zero-order valence-electron chi connectivity index (χ0n) is 9.86. The van der Waals surface area contributed by atoms with E-state index < -0.39 is 0 Å². The van der Waals surface area contributed by atoms with Gasteiger partial charge in [0, 0.05) is 18.9 Å². The van der Waals surface area contributed by atoms with Crippen LogP contribution in [0, 0.1) is 6.92 Å². The van der Waals surface area contributed by atoms with Gasteiger partial charge in [0.05, 0.1) is 19.8 Å². The zero-order valence-corrected chi connectivity index (χ0v) is 9.86. The van der Waals surface area contributed by atoms with Gasteiger partial charge in [0.1, 0.15) is 12.4 Å². The van der Waals surface area contributed by atoms with E-state index in [-0.39, 0.29) is 0 Å². The van der Waals surface area contributed by atoms with Gasteiger partial charge in [-0.05, 0) is 24.6 Å². The Balaban J connectivity index is 2.21. The molecule has 1 aromatic carbocycles. The average molecular weight is 225 g/mol.